The van der Waals surface area contributed by atoms with Crippen LogP contribution in [0, 0.1) is 5.95 Å². The van der Waals surface area contributed by atoms with Gasteiger partial charge in [0.25, 0.3) is 5.91 Å². The number of halogens is 1. The van der Waals surface area contributed by atoms with Gasteiger partial charge in [-0.25, -0.2) is 4.98 Å². The van der Waals surface area contributed by atoms with E-state index in [1.165, 1.54) is 23.2 Å². The summed E-state index contributed by atoms with van der Waals surface area (Å²) >= 11 is 0. The van der Waals surface area contributed by atoms with Crippen molar-refractivity contribution in [2.24, 2.45) is 0 Å². The number of hydrogen-bond acceptors (Lipinski definition) is 3. The van der Waals surface area contributed by atoms with Gasteiger partial charge in [-0.05, 0) is 32.4 Å². The van der Waals surface area contributed by atoms with Crippen molar-refractivity contribution in [3.8, 4) is 0 Å². The van der Waals surface area contributed by atoms with Crippen LogP contribution in [-0.4, -0.2) is 39.5 Å². The van der Waals surface area contributed by atoms with Crippen molar-refractivity contribution in [3.63, 3.8) is 0 Å². The molecule has 104 valence electrons. The highest BCUT2D eigenvalue weighted by molar-refractivity contribution is 5.94. The van der Waals surface area contributed by atoms with E-state index in [0.717, 1.165) is 0 Å². The highest BCUT2D eigenvalue weighted by Crippen LogP contribution is 2.11. The molecule has 19 heavy (non-hydrogen) atoms. The van der Waals surface area contributed by atoms with Gasteiger partial charge < -0.3 is 10.0 Å². The van der Waals surface area contributed by atoms with Crippen LogP contribution in [0.4, 0.5) is 4.39 Å². The number of aromatic nitrogens is 1. The number of carboxylic acids is 1. The SMILES string of the molecule is CC(C)N(CCCC(=O)O)C(=O)c1cccnc1F. The number of carbonyl (C=O) groups excluding carboxylic acids is 1. The molecule has 6 heteroatoms. The molecule has 0 radical (unpaired) electrons. The van der Waals surface area contributed by atoms with Crippen LogP contribution in [0.15, 0.2) is 18.3 Å². The highest BCUT2D eigenvalue weighted by Gasteiger charge is 2.21. The number of hydrogen-bond donors (Lipinski definition) is 1. The molecule has 1 amide bonds. The number of rotatable bonds is 6. The standard InChI is InChI=1S/C13H17FN2O3/c1-9(2)16(8-4-6-11(17)18)13(19)10-5-3-7-15-12(10)14/h3,5,7,9H,4,6,8H2,1-2H3,(H,17,18). The van der Waals surface area contributed by atoms with Crippen molar-refractivity contribution in [2.75, 3.05) is 6.54 Å². The van der Waals surface area contributed by atoms with E-state index in [2.05, 4.69) is 4.98 Å². The first-order valence-electron chi connectivity index (χ1n) is 6.06. The van der Waals surface area contributed by atoms with E-state index in [1.807, 2.05) is 0 Å². The molecule has 1 rings (SSSR count). The highest BCUT2D eigenvalue weighted by atomic mass is 19.1. The van der Waals surface area contributed by atoms with Crippen LogP contribution in [0.1, 0.15) is 37.0 Å². The van der Waals surface area contributed by atoms with Crippen LogP contribution in [0.2, 0.25) is 0 Å². The fourth-order valence-corrected chi connectivity index (χ4v) is 1.70. The Hall–Kier alpha value is -1.98. The van der Waals surface area contributed by atoms with Crippen molar-refractivity contribution in [1.82, 2.24) is 9.88 Å². The first kappa shape index (κ1) is 15.1. The Morgan fingerprint density at radius 2 is 2.16 bits per heavy atom. The lowest BCUT2D eigenvalue weighted by atomic mass is 10.2. The second-order valence-corrected chi connectivity index (χ2v) is 4.43. The van der Waals surface area contributed by atoms with Gasteiger partial charge in [-0.1, -0.05) is 0 Å². The topological polar surface area (TPSA) is 70.5 Å². The Morgan fingerprint density at radius 3 is 2.68 bits per heavy atom. The fraction of sp³-hybridized carbons (Fsp3) is 0.462. The molecule has 0 aliphatic rings. The van der Waals surface area contributed by atoms with Crippen molar-refractivity contribution >= 4 is 11.9 Å². The molecule has 0 saturated heterocycles. The van der Waals surface area contributed by atoms with Crippen molar-refractivity contribution < 1.29 is 19.1 Å². The third kappa shape index (κ3) is 4.31. The molecule has 5 nitrogen and oxygen atoms in total. The van der Waals surface area contributed by atoms with Gasteiger partial charge in [0.05, 0.1) is 5.56 Å². The summed E-state index contributed by atoms with van der Waals surface area (Å²) in [6.07, 6.45) is 1.59. The maximum absolute atomic E-state index is 13.5. The summed E-state index contributed by atoms with van der Waals surface area (Å²) < 4.78 is 13.5. The second-order valence-electron chi connectivity index (χ2n) is 4.43. The number of carbonyl (C=O) groups is 2. The van der Waals surface area contributed by atoms with Gasteiger partial charge in [0.1, 0.15) is 0 Å². The van der Waals surface area contributed by atoms with Crippen molar-refractivity contribution in [3.05, 3.63) is 29.8 Å². The van der Waals surface area contributed by atoms with E-state index >= 15 is 0 Å². The lowest BCUT2D eigenvalue weighted by Crippen LogP contribution is -2.38. The van der Waals surface area contributed by atoms with Crippen LogP contribution in [-0.2, 0) is 4.79 Å². The van der Waals surface area contributed by atoms with Crippen LogP contribution in [0.3, 0.4) is 0 Å². The summed E-state index contributed by atoms with van der Waals surface area (Å²) in [7, 11) is 0. The lowest BCUT2D eigenvalue weighted by Gasteiger charge is -2.26. The van der Waals surface area contributed by atoms with E-state index in [4.69, 9.17) is 5.11 Å². The Morgan fingerprint density at radius 1 is 1.47 bits per heavy atom. The van der Waals surface area contributed by atoms with E-state index in [-0.39, 0.29) is 24.6 Å². The molecule has 0 bridgehead atoms. The molecule has 0 aliphatic carbocycles. The average Bonchev–Trinajstić information content (AvgIpc) is 2.33. The van der Waals surface area contributed by atoms with Gasteiger partial charge in [-0.15, -0.1) is 0 Å². The second kappa shape index (κ2) is 6.82. The minimum Gasteiger partial charge on any atom is -0.481 e. The molecule has 0 saturated carbocycles. The van der Waals surface area contributed by atoms with Crippen LogP contribution in [0.25, 0.3) is 0 Å². The molecule has 0 spiro atoms. The molecule has 1 heterocycles. The van der Waals surface area contributed by atoms with Gasteiger partial charge in [0.15, 0.2) is 0 Å². The molecular formula is C13H17FN2O3. The Labute approximate surface area is 111 Å². The average molecular weight is 268 g/mol. The van der Waals surface area contributed by atoms with Gasteiger partial charge in [-0.3, -0.25) is 9.59 Å². The predicted molar refractivity (Wildman–Crippen MR) is 67.2 cm³/mol. The fourth-order valence-electron chi connectivity index (χ4n) is 1.70. The minimum atomic E-state index is -0.913. The normalized spacial score (nSPS) is 10.5. The van der Waals surface area contributed by atoms with Crippen LogP contribution >= 0.6 is 0 Å². The zero-order valence-electron chi connectivity index (χ0n) is 11.0. The molecule has 1 aromatic rings. The Balaban J connectivity index is 2.79. The largest absolute Gasteiger partial charge is 0.481 e. The minimum absolute atomic E-state index is 0.0218. The summed E-state index contributed by atoms with van der Waals surface area (Å²) in [4.78, 5) is 27.5. The summed E-state index contributed by atoms with van der Waals surface area (Å²) in [5.74, 6) is -2.19. The first-order chi connectivity index (χ1) is 8.93. The van der Waals surface area contributed by atoms with E-state index in [0.29, 0.717) is 6.42 Å². The molecule has 1 aromatic heterocycles. The molecule has 0 aromatic carbocycles. The summed E-state index contributed by atoms with van der Waals surface area (Å²) in [5, 5.41) is 8.59. The zero-order valence-corrected chi connectivity index (χ0v) is 11.0. The number of nitrogens with zero attached hydrogens (tertiary/aromatic N) is 2. The van der Waals surface area contributed by atoms with E-state index < -0.39 is 17.8 Å². The number of carboxylic acid groups (broad SMARTS) is 1. The molecule has 1 N–H and O–H groups in total. The quantitative estimate of drug-likeness (QED) is 0.800. The van der Waals surface area contributed by atoms with Crippen molar-refractivity contribution in [2.45, 2.75) is 32.7 Å². The third-order valence-corrected chi connectivity index (χ3v) is 2.66. The maximum atomic E-state index is 13.5. The molecule has 0 unspecified atom stereocenters. The summed E-state index contributed by atoms with van der Waals surface area (Å²) in [6.45, 7) is 3.87. The number of aliphatic carboxylic acids is 1. The lowest BCUT2D eigenvalue weighted by molar-refractivity contribution is -0.137. The molecule has 0 atom stereocenters. The smallest absolute Gasteiger partial charge is 0.303 e. The Bertz CT molecular complexity index is 463. The maximum Gasteiger partial charge on any atom is 0.303 e. The van der Waals surface area contributed by atoms with E-state index in [1.54, 1.807) is 13.8 Å². The zero-order chi connectivity index (χ0) is 14.4. The summed E-state index contributed by atoms with van der Waals surface area (Å²) in [5.41, 5.74) is -0.0912. The van der Waals surface area contributed by atoms with Crippen molar-refractivity contribution in [1.29, 1.82) is 0 Å². The molecular weight excluding hydrogens is 251 g/mol. The van der Waals surface area contributed by atoms with E-state index in [9.17, 15) is 14.0 Å². The molecule has 0 aliphatic heterocycles. The first-order valence-corrected chi connectivity index (χ1v) is 6.06. The molecule has 0 fully saturated rings. The number of pyridine rings is 1. The van der Waals surface area contributed by atoms with Crippen LogP contribution < -0.4 is 0 Å². The van der Waals surface area contributed by atoms with Gasteiger partial charge in [0.2, 0.25) is 5.95 Å². The third-order valence-electron chi connectivity index (χ3n) is 2.66. The van der Waals surface area contributed by atoms with Gasteiger partial charge in [0, 0.05) is 25.2 Å². The Kier molecular flexibility index (Phi) is 5.41. The van der Waals surface area contributed by atoms with Gasteiger partial charge >= 0.3 is 5.97 Å². The predicted octanol–water partition coefficient (Wildman–Crippen LogP) is 1.94. The van der Waals surface area contributed by atoms with Gasteiger partial charge in [-0.2, -0.15) is 4.39 Å². The number of amides is 1. The monoisotopic (exact) mass is 268 g/mol. The van der Waals surface area contributed by atoms with Crippen LogP contribution in [0.5, 0.6) is 0 Å². The summed E-state index contributed by atoms with van der Waals surface area (Å²) in [6, 6.07) is 2.73.